The molecule has 13 nitrogen and oxygen atoms in total. The first-order valence-corrected chi connectivity index (χ1v) is 22.1. The zero-order valence-corrected chi connectivity index (χ0v) is 36.9. The molecule has 0 unspecified atom stereocenters. The van der Waals surface area contributed by atoms with Crippen LogP contribution in [0.5, 0.6) is 0 Å². The smallest absolute Gasteiger partial charge is 0.338 e. The van der Waals surface area contributed by atoms with Crippen LogP contribution in [-0.4, -0.2) is 93.5 Å². The first-order chi connectivity index (χ1) is 32.9. The van der Waals surface area contributed by atoms with Crippen LogP contribution in [0.2, 0.25) is 0 Å². The standard InChI is InChI=1S/C54H52O13/c1-58-53-48(61-34-39-24-12-4-13-25-39)47(60-33-38-22-10-3-11-23-38)45(43(63-53)35-59-32-37-20-8-2-9-21-37)67-54-49(66-52(57)42-30-18-7-19-31-42)46(65-51(56)41-28-16-6-17-29-41)44(64-54)36-62-50(55)40-26-14-5-15-27-40/h2-31,43-49,53-54H,32-36H2,1H3/t43-,44-,45-,46-,47+,48-,49+,53+,54-/m1/s1. The second-order valence-corrected chi connectivity index (χ2v) is 15.9. The monoisotopic (exact) mass is 908 g/mol. The van der Waals surface area contributed by atoms with Gasteiger partial charge >= 0.3 is 17.9 Å². The maximum Gasteiger partial charge on any atom is 0.338 e. The lowest BCUT2D eigenvalue weighted by Crippen LogP contribution is -2.62. The lowest BCUT2D eigenvalue weighted by Gasteiger charge is -2.46. The van der Waals surface area contributed by atoms with Crippen LogP contribution < -0.4 is 0 Å². The van der Waals surface area contributed by atoms with Gasteiger partial charge in [-0.3, -0.25) is 0 Å². The van der Waals surface area contributed by atoms with Crippen molar-refractivity contribution in [3.05, 3.63) is 215 Å². The van der Waals surface area contributed by atoms with Crippen molar-refractivity contribution in [2.75, 3.05) is 20.3 Å². The molecule has 0 N–H and O–H groups in total. The topological polar surface area (TPSA) is 144 Å². The van der Waals surface area contributed by atoms with E-state index in [0.29, 0.717) is 5.56 Å². The van der Waals surface area contributed by atoms with E-state index < -0.39 is 79.8 Å². The van der Waals surface area contributed by atoms with Crippen molar-refractivity contribution >= 4 is 17.9 Å². The Labute approximate surface area is 389 Å². The molecule has 0 spiro atoms. The Hall–Kier alpha value is -6.55. The van der Waals surface area contributed by atoms with Gasteiger partial charge in [-0.25, -0.2) is 14.4 Å². The number of hydrogen-bond acceptors (Lipinski definition) is 13. The molecule has 2 aliphatic heterocycles. The molecule has 0 bridgehead atoms. The van der Waals surface area contributed by atoms with Gasteiger partial charge in [-0.15, -0.1) is 0 Å². The van der Waals surface area contributed by atoms with Gasteiger partial charge in [0.15, 0.2) is 24.8 Å². The van der Waals surface area contributed by atoms with Crippen LogP contribution in [0.1, 0.15) is 47.8 Å². The molecule has 2 heterocycles. The minimum atomic E-state index is -1.47. The van der Waals surface area contributed by atoms with Crippen molar-refractivity contribution in [2.24, 2.45) is 0 Å². The highest BCUT2D eigenvalue weighted by Gasteiger charge is 2.56. The number of hydrogen-bond donors (Lipinski definition) is 0. The summed E-state index contributed by atoms with van der Waals surface area (Å²) in [5.41, 5.74) is 3.46. The van der Waals surface area contributed by atoms with Gasteiger partial charge in [0, 0.05) is 7.11 Å². The zero-order valence-electron chi connectivity index (χ0n) is 36.9. The van der Waals surface area contributed by atoms with Crippen LogP contribution in [0.4, 0.5) is 0 Å². The second kappa shape index (κ2) is 23.8. The Morgan fingerprint density at radius 3 is 1.31 bits per heavy atom. The summed E-state index contributed by atoms with van der Waals surface area (Å²) in [5.74, 6) is -2.12. The number of ether oxygens (including phenoxy) is 10. The number of rotatable bonds is 20. The summed E-state index contributed by atoms with van der Waals surface area (Å²) in [6.45, 7) is 0.135. The Balaban J connectivity index is 1.17. The maximum atomic E-state index is 14.1. The summed E-state index contributed by atoms with van der Waals surface area (Å²) < 4.78 is 64.3. The number of carbonyl (C=O) groups excluding carboxylic acids is 3. The minimum absolute atomic E-state index is 0.0122. The molecule has 8 rings (SSSR count). The predicted molar refractivity (Wildman–Crippen MR) is 243 cm³/mol. The van der Waals surface area contributed by atoms with Crippen molar-refractivity contribution in [1.29, 1.82) is 0 Å². The number of methoxy groups -OCH3 is 1. The van der Waals surface area contributed by atoms with Crippen LogP contribution in [0, 0.1) is 0 Å². The fourth-order valence-corrected chi connectivity index (χ4v) is 7.84. The van der Waals surface area contributed by atoms with Crippen molar-refractivity contribution in [1.82, 2.24) is 0 Å². The molecule has 6 aromatic carbocycles. The highest BCUT2D eigenvalue weighted by Crippen LogP contribution is 2.36. The number of benzene rings is 6. The highest BCUT2D eigenvalue weighted by molar-refractivity contribution is 5.91. The molecular weight excluding hydrogens is 857 g/mol. The van der Waals surface area contributed by atoms with Gasteiger partial charge in [0.2, 0.25) is 0 Å². The first kappa shape index (κ1) is 47.0. The van der Waals surface area contributed by atoms with E-state index in [1.165, 1.54) is 7.11 Å². The van der Waals surface area contributed by atoms with E-state index in [-0.39, 0.29) is 37.6 Å². The molecule has 0 aromatic heterocycles. The molecule has 67 heavy (non-hydrogen) atoms. The normalized spacial score (nSPS) is 23.5. The van der Waals surface area contributed by atoms with E-state index in [4.69, 9.17) is 47.4 Å². The molecule has 9 atom stereocenters. The van der Waals surface area contributed by atoms with Crippen molar-refractivity contribution in [3.8, 4) is 0 Å². The highest BCUT2D eigenvalue weighted by atomic mass is 16.8. The van der Waals surface area contributed by atoms with E-state index in [9.17, 15) is 14.4 Å². The van der Waals surface area contributed by atoms with Crippen LogP contribution in [0.15, 0.2) is 182 Å². The van der Waals surface area contributed by atoms with Crippen LogP contribution >= 0.6 is 0 Å². The molecule has 2 saturated heterocycles. The van der Waals surface area contributed by atoms with Crippen molar-refractivity contribution in [3.63, 3.8) is 0 Å². The summed E-state index contributed by atoms with van der Waals surface area (Å²) in [6.07, 6.45) is -10.2. The number of esters is 3. The molecule has 13 heteroatoms. The van der Waals surface area contributed by atoms with Gasteiger partial charge in [-0.05, 0) is 53.1 Å². The first-order valence-electron chi connectivity index (χ1n) is 22.1. The average Bonchev–Trinajstić information content (AvgIpc) is 3.70. The van der Waals surface area contributed by atoms with Gasteiger partial charge < -0.3 is 47.4 Å². The third-order valence-corrected chi connectivity index (χ3v) is 11.2. The van der Waals surface area contributed by atoms with E-state index in [1.807, 2.05) is 91.0 Å². The maximum absolute atomic E-state index is 14.1. The predicted octanol–water partition coefficient (Wildman–Crippen LogP) is 8.16. The summed E-state index contributed by atoms with van der Waals surface area (Å²) in [7, 11) is 1.52. The fourth-order valence-electron chi connectivity index (χ4n) is 7.84. The van der Waals surface area contributed by atoms with Crippen LogP contribution in [0.25, 0.3) is 0 Å². The lowest BCUT2D eigenvalue weighted by molar-refractivity contribution is -0.341. The fraction of sp³-hybridized carbons (Fsp3) is 0.278. The van der Waals surface area contributed by atoms with Gasteiger partial charge in [0.1, 0.15) is 37.1 Å². The Kier molecular flexibility index (Phi) is 16.7. The van der Waals surface area contributed by atoms with E-state index in [1.54, 1.807) is 91.0 Å². The Bertz CT molecular complexity index is 2430. The van der Waals surface area contributed by atoms with Crippen LogP contribution in [0.3, 0.4) is 0 Å². The third-order valence-electron chi connectivity index (χ3n) is 11.2. The van der Waals surface area contributed by atoms with Gasteiger partial charge in [0.25, 0.3) is 0 Å². The third kappa shape index (κ3) is 12.7. The van der Waals surface area contributed by atoms with Gasteiger partial charge in [0.05, 0.1) is 43.1 Å². The second-order valence-electron chi connectivity index (χ2n) is 15.9. The average molecular weight is 909 g/mol. The summed E-state index contributed by atoms with van der Waals surface area (Å²) in [5, 5.41) is 0. The number of carbonyl (C=O) groups is 3. The molecule has 2 fully saturated rings. The summed E-state index contributed by atoms with van der Waals surface area (Å²) in [6, 6.07) is 54.1. The molecule has 6 aromatic rings. The van der Waals surface area contributed by atoms with E-state index in [2.05, 4.69) is 0 Å². The summed E-state index contributed by atoms with van der Waals surface area (Å²) in [4.78, 5) is 41.3. The molecular formula is C54H52O13. The van der Waals surface area contributed by atoms with Crippen molar-refractivity contribution in [2.45, 2.75) is 75.1 Å². The largest absolute Gasteiger partial charge is 0.459 e. The molecule has 0 aliphatic carbocycles. The Morgan fingerprint density at radius 1 is 0.418 bits per heavy atom. The zero-order chi connectivity index (χ0) is 46.2. The molecule has 0 radical (unpaired) electrons. The van der Waals surface area contributed by atoms with Gasteiger partial charge in [-0.2, -0.15) is 0 Å². The Morgan fingerprint density at radius 2 is 0.821 bits per heavy atom. The minimum Gasteiger partial charge on any atom is -0.459 e. The lowest BCUT2D eigenvalue weighted by atomic mass is 9.97. The van der Waals surface area contributed by atoms with Gasteiger partial charge in [-0.1, -0.05) is 146 Å². The molecule has 0 amide bonds. The molecule has 346 valence electrons. The summed E-state index contributed by atoms with van der Waals surface area (Å²) >= 11 is 0. The van der Waals surface area contributed by atoms with E-state index in [0.717, 1.165) is 16.7 Å². The molecule has 2 aliphatic rings. The quantitative estimate of drug-likeness (QED) is 0.0537. The van der Waals surface area contributed by atoms with Crippen LogP contribution in [-0.2, 0) is 67.2 Å². The van der Waals surface area contributed by atoms with E-state index >= 15 is 0 Å². The molecule has 0 saturated carbocycles. The SMILES string of the molecule is CO[C@H]1O[C@H](COCc2ccccc2)[C@@H](O[C@H]2O[C@H](COC(=O)c3ccccc3)[C@@H](OC(=O)c3ccccc3)[C@@H]2OC(=O)c2ccccc2)[C@H](OCc2ccccc2)[C@H]1OCc1ccccc1. The van der Waals surface area contributed by atoms with Crippen molar-refractivity contribution < 1.29 is 61.8 Å².